The summed E-state index contributed by atoms with van der Waals surface area (Å²) >= 11 is 0. The molecule has 0 bridgehead atoms. The van der Waals surface area contributed by atoms with E-state index in [4.69, 9.17) is 4.74 Å². The molecule has 0 aromatic heterocycles. The monoisotopic (exact) mass is 1200 g/mol. The summed E-state index contributed by atoms with van der Waals surface area (Å²) < 4.78 is 5.51. The number of rotatable bonds is 74. The number of amides is 1. The van der Waals surface area contributed by atoms with E-state index in [2.05, 4.69) is 43.5 Å². The number of hydrogen-bond donors (Lipinski definition) is 3. The van der Waals surface area contributed by atoms with Crippen molar-refractivity contribution in [2.45, 2.75) is 456 Å². The molecule has 0 aromatic carbocycles. The smallest absolute Gasteiger partial charge is 0.305 e. The van der Waals surface area contributed by atoms with Gasteiger partial charge in [-0.15, -0.1) is 0 Å². The van der Waals surface area contributed by atoms with E-state index in [1.807, 2.05) is 0 Å². The molecule has 0 fully saturated rings. The number of esters is 1. The van der Waals surface area contributed by atoms with Crippen LogP contribution in [0.4, 0.5) is 0 Å². The summed E-state index contributed by atoms with van der Waals surface area (Å²) in [5, 5.41) is 23.3. The molecule has 0 aliphatic carbocycles. The Bertz CT molecular complexity index is 1330. The maximum absolute atomic E-state index is 12.5. The van der Waals surface area contributed by atoms with E-state index in [0.717, 1.165) is 51.4 Å². The molecule has 3 N–H and O–H groups in total. The highest BCUT2D eigenvalue weighted by atomic mass is 16.5. The fourth-order valence-corrected chi connectivity index (χ4v) is 12.6. The van der Waals surface area contributed by atoms with Crippen molar-refractivity contribution in [3.63, 3.8) is 0 Å². The molecule has 0 saturated heterocycles. The number of unbranched alkanes of at least 4 members (excludes halogenated alkanes) is 59. The number of hydrogen-bond acceptors (Lipinski definition) is 5. The fraction of sp³-hybridized carbons (Fsp3) is 0.924. The van der Waals surface area contributed by atoms with Crippen molar-refractivity contribution in [1.82, 2.24) is 5.32 Å². The van der Waals surface area contributed by atoms with Crippen molar-refractivity contribution in [3.8, 4) is 0 Å². The highest BCUT2D eigenvalue weighted by molar-refractivity contribution is 5.76. The molecule has 85 heavy (non-hydrogen) atoms. The summed E-state index contributed by atoms with van der Waals surface area (Å²) in [7, 11) is 0. The van der Waals surface area contributed by atoms with E-state index in [-0.39, 0.29) is 18.5 Å². The number of aliphatic hydroxyl groups excluding tert-OH is 2. The largest absolute Gasteiger partial charge is 0.466 e. The van der Waals surface area contributed by atoms with Crippen LogP contribution in [0.2, 0.25) is 0 Å². The van der Waals surface area contributed by atoms with Crippen molar-refractivity contribution in [2.24, 2.45) is 0 Å². The minimum absolute atomic E-state index is 0.0170. The van der Waals surface area contributed by atoms with E-state index in [1.54, 1.807) is 0 Å². The molecule has 0 radical (unpaired) electrons. The van der Waals surface area contributed by atoms with Gasteiger partial charge in [0.05, 0.1) is 25.4 Å². The summed E-state index contributed by atoms with van der Waals surface area (Å²) in [6.07, 6.45) is 95.7. The molecule has 2 atom stereocenters. The molecular weight excluding hydrogens is 1040 g/mol. The molecule has 504 valence electrons. The van der Waals surface area contributed by atoms with Crippen molar-refractivity contribution in [3.05, 3.63) is 24.3 Å². The summed E-state index contributed by atoms with van der Waals surface area (Å²) in [5.74, 6) is -0.00978. The molecule has 0 aromatic rings. The van der Waals surface area contributed by atoms with E-state index >= 15 is 0 Å². The van der Waals surface area contributed by atoms with Crippen LogP contribution in [0.3, 0.4) is 0 Å². The van der Waals surface area contributed by atoms with Gasteiger partial charge in [0.25, 0.3) is 0 Å². The minimum Gasteiger partial charge on any atom is -0.466 e. The highest BCUT2D eigenvalue weighted by Crippen LogP contribution is 2.20. The van der Waals surface area contributed by atoms with Crippen LogP contribution >= 0.6 is 0 Å². The summed E-state index contributed by atoms with van der Waals surface area (Å²) in [6.45, 7) is 4.96. The van der Waals surface area contributed by atoms with Crippen LogP contribution in [-0.2, 0) is 14.3 Å². The van der Waals surface area contributed by atoms with Crippen LogP contribution in [0.15, 0.2) is 24.3 Å². The Morgan fingerprint density at radius 2 is 0.588 bits per heavy atom. The Morgan fingerprint density at radius 1 is 0.329 bits per heavy atom. The zero-order chi connectivity index (χ0) is 61.3. The maximum Gasteiger partial charge on any atom is 0.305 e. The van der Waals surface area contributed by atoms with Gasteiger partial charge in [0.15, 0.2) is 0 Å². The SMILES string of the molecule is CCCCC/C=C\C/C=C\CCCCCCCCCC(=O)OCCCCCCCCCCCCCCCCCCCCCCCCCCCCCCCCCCCCCCCCCC(=O)NC(CO)C(O)CCCCCCCCCCCCCC. The number of ether oxygens (including phenoxy) is 1. The van der Waals surface area contributed by atoms with Crippen LogP contribution < -0.4 is 5.32 Å². The normalized spacial score (nSPS) is 12.6. The molecule has 0 heterocycles. The lowest BCUT2D eigenvalue weighted by atomic mass is 10.0. The van der Waals surface area contributed by atoms with Crippen molar-refractivity contribution in [2.75, 3.05) is 13.2 Å². The third-order valence-corrected chi connectivity index (χ3v) is 18.5. The Balaban J connectivity index is 3.27. The van der Waals surface area contributed by atoms with Gasteiger partial charge in [-0.05, 0) is 57.8 Å². The zero-order valence-corrected chi connectivity index (χ0v) is 57.9. The van der Waals surface area contributed by atoms with Crippen molar-refractivity contribution >= 4 is 11.9 Å². The topological polar surface area (TPSA) is 95.9 Å². The highest BCUT2D eigenvalue weighted by Gasteiger charge is 2.20. The number of allylic oxidation sites excluding steroid dienone is 4. The second-order valence-corrected chi connectivity index (χ2v) is 27.0. The van der Waals surface area contributed by atoms with Gasteiger partial charge in [0.1, 0.15) is 0 Å². The Hall–Kier alpha value is -1.66. The van der Waals surface area contributed by atoms with Gasteiger partial charge in [-0.3, -0.25) is 9.59 Å². The zero-order valence-electron chi connectivity index (χ0n) is 57.9. The lowest BCUT2D eigenvalue weighted by molar-refractivity contribution is -0.143. The average Bonchev–Trinajstić information content (AvgIpc) is 3.52. The predicted octanol–water partition coefficient (Wildman–Crippen LogP) is 25.7. The van der Waals surface area contributed by atoms with Gasteiger partial charge in [-0.25, -0.2) is 0 Å². The van der Waals surface area contributed by atoms with E-state index in [9.17, 15) is 19.8 Å². The molecule has 0 rings (SSSR count). The maximum atomic E-state index is 12.5. The molecule has 0 aliphatic rings. The summed E-state index contributed by atoms with van der Waals surface area (Å²) in [6, 6.07) is -0.535. The molecule has 2 unspecified atom stereocenters. The van der Waals surface area contributed by atoms with Crippen molar-refractivity contribution in [1.29, 1.82) is 0 Å². The van der Waals surface area contributed by atoms with Crippen LogP contribution in [0.1, 0.15) is 444 Å². The van der Waals surface area contributed by atoms with Crippen LogP contribution in [0.5, 0.6) is 0 Å². The van der Waals surface area contributed by atoms with E-state index in [0.29, 0.717) is 25.9 Å². The van der Waals surface area contributed by atoms with Gasteiger partial charge in [0.2, 0.25) is 5.91 Å². The molecule has 1 amide bonds. The third kappa shape index (κ3) is 71.3. The first-order valence-electron chi connectivity index (χ1n) is 39.1. The quantitative estimate of drug-likeness (QED) is 0.0320. The molecular formula is C79H153NO5. The number of carbonyl (C=O) groups is 2. The molecule has 0 spiro atoms. The number of aliphatic hydroxyl groups is 2. The Kier molecular flexibility index (Phi) is 73.3. The van der Waals surface area contributed by atoms with E-state index < -0.39 is 12.1 Å². The van der Waals surface area contributed by atoms with Crippen LogP contribution in [0, 0.1) is 0 Å². The Labute approximate surface area is 532 Å². The lowest BCUT2D eigenvalue weighted by Gasteiger charge is -2.22. The average molecular weight is 1200 g/mol. The fourth-order valence-electron chi connectivity index (χ4n) is 12.6. The lowest BCUT2D eigenvalue weighted by Crippen LogP contribution is -2.45. The number of nitrogens with one attached hydrogen (secondary N) is 1. The summed E-state index contributed by atoms with van der Waals surface area (Å²) in [4.78, 5) is 24.6. The van der Waals surface area contributed by atoms with Crippen LogP contribution in [0.25, 0.3) is 0 Å². The molecule has 6 heteroatoms. The standard InChI is InChI=1S/C79H153NO5/c1-3-5-7-9-11-13-15-17-18-42-46-49-53-57-61-65-69-73-79(84)85-74-70-66-62-58-54-50-47-44-41-39-37-35-33-31-29-27-25-23-21-19-20-22-24-26-28-30-32-34-36-38-40-43-45-48-52-56-60-64-68-72-78(83)80-76(75-81)77(82)71-67-63-59-55-51-16-14-12-10-8-6-4-2/h11,13,17-18,76-77,81-82H,3-10,12,14-16,19-75H2,1-2H3,(H,80,83)/b13-11-,18-17-. The van der Waals surface area contributed by atoms with Gasteiger partial charge in [-0.1, -0.05) is 398 Å². The summed E-state index contributed by atoms with van der Waals surface area (Å²) in [5.41, 5.74) is 0. The molecule has 6 nitrogen and oxygen atoms in total. The van der Waals surface area contributed by atoms with Gasteiger partial charge in [-0.2, -0.15) is 0 Å². The number of carbonyl (C=O) groups excluding carboxylic acids is 2. The first-order chi connectivity index (χ1) is 42.0. The predicted molar refractivity (Wildman–Crippen MR) is 375 cm³/mol. The molecule has 0 saturated carbocycles. The van der Waals surface area contributed by atoms with E-state index in [1.165, 1.54) is 360 Å². The van der Waals surface area contributed by atoms with Gasteiger partial charge in [0, 0.05) is 12.8 Å². The van der Waals surface area contributed by atoms with Gasteiger partial charge >= 0.3 is 5.97 Å². The first kappa shape index (κ1) is 83.3. The molecule has 0 aliphatic heterocycles. The second kappa shape index (κ2) is 74.8. The second-order valence-electron chi connectivity index (χ2n) is 27.0. The minimum atomic E-state index is -0.658. The first-order valence-corrected chi connectivity index (χ1v) is 39.1. The Morgan fingerprint density at radius 3 is 0.918 bits per heavy atom. The van der Waals surface area contributed by atoms with Crippen molar-refractivity contribution < 1.29 is 24.5 Å². The third-order valence-electron chi connectivity index (χ3n) is 18.5. The van der Waals surface area contributed by atoms with Crippen LogP contribution in [-0.4, -0.2) is 47.4 Å². The van der Waals surface area contributed by atoms with Gasteiger partial charge < -0.3 is 20.3 Å².